The van der Waals surface area contributed by atoms with Gasteiger partial charge in [0.15, 0.2) is 0 Å². The van der Waals surface area contributed by atoms with Gasteiger partial charge in [0.1, 0.15) is 0 Å². The van der Waals surface area contributed by atoms with Crippen LogP contribution in [-0.2, 0) is 4.79 Å². The van der Waals surface area contributed by atoms with Gasteiger partial charge in [-0.3, -0.25) is 9.59 Å². The number of nitrogens with zero attached hydrogens (tertiary/aromatic N) is 2. The largest absolute Gasteiger partial charge is 0.471 e. The molecule has 0 fully saturated rings. The van der Waals surface area contributed by atoms with Gasteiger partial charge in [-0.1, -0.05) is 66.2 Å². The van der Waals surface area contributed by atoms with Gasteiger partial charge in [0.2, 0.25) is 0 Å². The van der Waals surface area contributed by atoms with Crippen molar-refractivity contribution in [3.05, 3.63) is 95.0 Å². The van der Waals surface area contributed by atoms with Crippen molar-refractivity contribution in [3.63, 3.8) is 0 Å². The zero-order valence-corrected chi connectivity index (χ0v) is 19.5. The zero-order chi connectivity index (χ0) is 25.9. The van der Waals surface area contributed by atoms with Crippen LogP contribution in [0.15, 0.2) is 84.0 Å². The van der Waals surface area contributed by atoms with Gasteiger partial charge in [-0.25, -0.2) is 10.4 Å². The van der Waals surface area contributed by atoms with Crippen molar-refractivity contribution in [2.45, 2.75) is 13.1 Å². The molecule has 1 heterocycles. The second-order valence-electron chi connectivity index (χ2n) is 7.73. The molecule has 0 saturated heterocycles. The molecule has 0 radical (unpaired) electrons. The lowest BCUT2D eigenvalue weighted by atomic mass is 10.0. The van der Waals surface area contributed by atoms with E-state index >= 15 is 0 Å². The van der Waals surface area contributed by atoms with Crippen molar-refractivity contribution in [2.24, 2.45) is 5.10 Å². The first kappa shape index (κ1) is 24.9. The van der Waals surface area contributed by atoms with Crippen molar-refractivity contribution in [3.8, 4) is 11.3 Å². The summed E-state index contributed by atoms with van der Waals surface area (Å²) in [6.07, 6.45) is -5.01. The molecule has 4 aromatic rings. The van der Waals surface area contributed by atoms with Crippen molar-refractivity contribution < 1.29 is 22.8 Å². The minimum absolute atomic E-state index is 0.0574. The van der Waals surface area contributed by atoms with Gasteiger partial charge in [0.25, 0.3) is 5.91 Å². The summed E-state index contributed by atoms with van der Waals surface area (Å²) in [5, 5.41) is 6.81. The molecule has 36 heavy (non-hydrogen) atoms. The number of hydrazone groups is 1. The van der Waals surface area contributed by atoms with E-state index in [1.54, 1.807) is 42.6 Å². The third kappa shape index (κ3) is 5.52. The number of amides is 2. The smallest absolute Gasteiger partial charge is 0.318 e. The molecule has 0 spiro atoms. The molecule has 0 saturated carbocycles. The summed E-state index contributed by atoms with van der Waals surface area (Å²) in [5.41, 5.74) is 5.24. The summed E-state index contributed by atoms with van der Waals surface area (Å²) < 4.78 is 37.6. The summed E-state index contributed by atoms with van der Waals surface area (Å²) >= 11 is 6.36. The standard InChI is InChI=1S/C26H18ClF3N4O2/c1-15(17-9-5-10-18(13-17)31-25(36)26(28,29)30)33-34-24(35)20-14-22(16-7-3-2-4-8-16)32-23-19(20)11-6-12-21(23)27/h2-14H,1H3,(H,31,36)(H,34,35)/b33-15+. The van der Waals surface area contributed by atoms with E-state index in [1.165, 1.54) is 18.2 Å². The fraction of sp³-hybridized carbons (Fsp3) is 0.0769. The lowest BCUT2D eigenvalue weighted by Gasteiger charge is -2.11. The topological polar surface area (TPSA) is 83.4 Å². The highest BCUT2D eigenvalue weighted by Gasteiger charge is 2.38. The Balaban J connectivity index is 1.63. The Hall–Kier alpha value is -4.24. The number of pyridine rings is 1. The lowest BCUT2D eigenvalue weighted by Crippen LogP contribution is -2.29. The highest BCUT2D eigenvalue weighted by atomic mass is 35.5. The zero-order valence-electron chi connectivity index (χ0n) is 18.7. The predicted molar refractivity (Wildman–Crippen MR) is 133 cm³/mol. The summed E-state index contributed by atoms with van der Waals surface area (Å²) in [4.78, 5) is 29.0. The molecule has 0 aliphatic rings. The summed E-state index contributed by atoms with van der Waals surface area (Å²) in [7, 11) is 0. The first-order valence-corrected chi connectivity index (χ1v) is 11.0. The maximum Gasteiger partial charge on any atom is 0.471 e. The van der Waals surface area contributed by atoms with Crippen LogP contribution in [0.25, 0.3) is 22.2 Å². The number of para-hydroxylation sites is 1. The van der Waals surface area contributed by atoms with E-state index in [9.17, 15) is 22.8 Å². The number of rotatable bonds is 5. The average molecular weight is 511 g/mol. The minimum atomic E-state index is -5.01. The van der Waals surface area contributed by atoms with Gasteiger partial charge in [-0.05, 0) is 36.8 Å². The molecular formula is C26H18ClF3N4O2. The molecule has 0 atom stereocenters. The molecule has 0 aliphatic heterocycles. The number of hydrogen-bond donors (Lipinski definition) is 2. The molecule has 4 rings (SSSR count). The number of fused-ring (bicyclic) bond motifs is 1. The van der Waals surface area contributed by atoms with Crippen LogP contribution in [0.5, 0.6) is 0 Å². The van der Waals surface area contributed by atoms with Crippen molar-refractivity contribution in [2.75, 3.05) is 5.32 Å². The monoisotopic (exact) mass is 510 g/mol. The fourth-order valence-electron chi connectivity index (χ4n) is 3.44. The van der Waals surface area contributed by atoms with Gasteiger partial charge >= 0.3 is 12.1 Å². The number of alkyl halides is 3. The van der Waals surface area contributed by atoms with Crippen molar-refractivity contribution >= 4 is 45.7 Å². The molecule has 6 nitrogen and oxygen atoms in total. The normalized spacial score (nSPS) is 11.9. The van der Waals surface area contributed by atoms with E-state index in [0.717, 1.165) is 5.56 Å². The third-order valence-corrected chi connectivity index (χ3v) is 5.53. The minimum Gasteiger partial charge on any atom is -0.318 e. The summed E-state index contributed by atoms with van der Waals surface area (Å²) in [6.45, 7) is 1.57. The van der Waals surface area contributed by atoms with E-state index in [4.69, 9.17) is 11.6 Å². The summed E-state index contributed by atoms with van der Waals surface area (Å²) in [5.74, 6) is -2.61. The second kappa shape index (κ2) is 10.2. The molecule has 3 aromatic carbocycles. The fourth-order valence-corrected chi connectivity index (χ4v) is 3.66. The van der Waals surface area contributed by atoms with Gasteiger partial charge < -0.3 is 5.32 Å². The highest BCUT2D eigenvalue weighted by Crippen LogP contribution is 2.29. The van der Waals surface area contributed by atoms with Gasteiger partial charge in [0.05, 0.1) is 27.5 Å². The molecule has 2 amide bonds. The van der Waals surface area contributed by atoms with Crippen LogP contribution in [-0.4, -0.2) is 28.7 Å². The Bertz CT molecular complexity index is 1490. The second-order valence-corrected chi connectivity index (χ2v) is 8.14. The van der Waals surface area contributed by atoms with Crippen LogP contribution in [0.1, 0.15) is 22.8 Å². The van der Waals surface area contributed by atoms with Gasteiger partial charge in [-0.15, -0.1) is 0 Å². The van der Waals surface area contributed by atoms with E-state index in [-0.39, 0.29) is 5.69 Å². The van der Waals surface area contributed by atoms with E-state index in [0.29, 0.717) is 38.5 Å². The molecule has 0 aliphatic carbocycles. The molecular weight excluding hydrogens is 493 g/mol. The molecule has 0 unspecified atom stereocenters. The number of benzene rings is 3. The van der Waals surface area contributed by atoms with Crippen molar-refractivity contribution in [1.82, 2.24) is 10.4 Å². The number of halogens is 4. The third-order valence-electron chi connectivity index (χ3n) is 5.23. The quantitative estimate of drug-likeness (QED) is 0.247. The first-order chi connectivity index (χ1) is 17.1. The first-order valence-electron chi connectivity index (χ1n) is 10.6. The molecule has 10 heteroatoms. The van der Waals surface area contributed by atoms with Crippen LogP contribution in [0.4, 0.5) is 18.9 Å². The number of anilines is 1. The summed E-state index contributed by atoms with van der Waals surface area (Å²) in [6, 6.07) is 21.7. The van der Waals surface area contributed by atoms with Crippen LogP contribution in [0.2, 0.25) is 5.02 Å². The van der Waals surface area contributed by atoms with Crippen LogP contribution < -0.4 is 10.7 Å². The predicted octanol–water partition coefficient (Wildman–Crippen LogP) is 6.21. The maximum atomic E-state index is 13.1. The number of carbonyl (C=O) groups is 2. The van der Waals surface area contributed by atoms with Crippen LogP contribution >= 0.6 is 11.6 Å². The maximum absolute atomic E-state index is 13.1. The lowest BCUT2D eigenvalue weighted by molar-refractivity contribution is -0.167. The molecule has 0 bridgehead atoms. The number of carbonyl (C=O) groups excluding carboxylic acids is 2. The molecule has 182 valence electrons. The highest BCUT2D eigenvalue weighted by molar-refractivity contribution is 6.35. The Morgan fingerprint density at radius 3 is 2.39 bits per heavy atom. The average Bonchev–Trinajstić information content (AvgIpc) is 2.87. The van der Waals surface area contributed by atoms with Gasteiger partial charge in [0, 0.05) is 16.6 Å². The van der Waals surface area contributed by atoms with E-state index < -0.39 is 18.0 Å². The SMILES string of the molecule is C/C(=N\NC(=O)c1cc(-c2ccccc2)nc2c(Cl)cccc12)c1cccc(NC(=O)C(F)(F)F)c1. The van der Waals surface area contributed by atoms with E-state index in [2.05, 4.69) is 15.5 Å². The Morgan fingerprint density at radius 1 is 0.944 bits per heavy atom. The molecule has 1 aromatic heterocycles. The number of aromatic nitrogens is 1. The van der Waals surface area contributed by atoms with E-state index in [1.807, 2.05) is 30.3 Å². The van der Waals surface area contributed by atoms with Gasteiger partial charge in [-0.2, -0.15) is 18.3 Å². The Morgan fingerprint density at radius 2 is 1.67 bits per heavy atom. The van der Waals surface area contributed by atoms with Crippen LogP contribution in [0.3, 0.4) is 0 Å². The van der Waals surface area contributed by atoms with Crippen LogP contribution in [0, 0.1) is 0 Å². The molecule has 2 N–H and O–H groups in total. The Kier molecular flexibility index (Phi) is 7.03. The number of nitrogens with one attached hydrogen (secondary N) is 2. The number of hydrogen-bond acceptors (Lipinski definition) is 4. The van der Waals surface area contributed by atoms with Crippen molar-refractivity contribution in [1.29, 1.82) is 0 Å². The Labute approximate surface area is 208 Å².